The van der Waals surface area contributed by atoms with Crippen LogP contribution in [0.1, 0.15) is 10.4 Å². The first-order chi connectivity index (χ1) is 20.3. The van der Waals surface area contributed by atoms with Crippen molar-refractivity contribution in [3.8, 4) is 23.4 Å². The molecule has 1 aromatic heterocycles. The van der Waals surface area contributed by atoms with E-state index in [1.807, 2.05) is 30.3 Å². The highest BCUT2D eigenvalue weighted by Crippen LogP contribution is 2.22. The van der Waals surface area contributed by atoms with E-state index in [-0.39, 0.29) is 39.9 Å². The third kappa shape index (κ3) is 8.28. The number of nitrogens with zero attached hydrogens (tertiary/aromatic N) is 2. The smallest absolute Gasteiger partial charge is 0.321 e. The summed E-state index contributed by atoms with van der Waals surface area (Å²) in [5.41, 5.74) is 0.735. The summed E-state index contributed by atoms with van der Waals surface area (Å²) in [6.45, 7) is 0.521. The Bertz CT molecular complexity index is 1610. The van der Waals surface area contributed by atoms with Crippen LogP contribution in [0, 0.1) is 0 Å². The minimum Gasteiger partial charge on any atom is -0.490 e. The summed E-state index contributed by atoms with van der Waals surface area (Å²) >= 11 is 5.28. The van der Waals surface area contributed by atoms with Gasteiger partial charge in [0.2, 0.25) is 5.88 Å². The Balaban J connectivity index is 1.32. The standard InChI is InChI=1S/C28H27N5O7S2/c1-37-25-18-24(30-27(31-25)38-2)33-42(35,36)21-14-12-19(13-15-21)29-28(41)32-26(34)22-10-6-7-11-23(22)40-17-16-39-20-8-4-3-5-9-20/h3-15,18H,16-17H2,1-2H3,(H,30,31,33)(H2,29,32,34,41). The van der Waals surface area contributed by atoms with Crippen molar-refractivity contribution >= 4 is 44.8 Å². The van der Waals surface area contributed by atoms with Gasteiger partial charge in [0.15, 0.2) is 10.9 Å². The van der Waals surface area contributed by atoms with Crippen LogP contribution >= 0.6 is 12.2 Å². The van der Waals surface area contributed by atoms with Gasteiger partial charge in [0.1, 0.15) is 24.7 Å². The number of sulfonamides is 1. The average Bonchev–Trinajstić information content (AvgIpc) is 2.99. The van der Waals surface area contributed by atoms with Gasteiger partial charge in [-0.2, -0.15) is 9.97 Å². The fraction of sp³-hybridized carbons (Fsp3) is 0.143. The van der Waals surface area contributed by atoms with Crippen LogP contribution < -0.4 is 34.3 Å². The number of nitrogens with one attached hydrogen (secondary N) is 3. The summed E-state index contributed by atoms with van der Waals surface area (Å²) in [5, 5.41) is 5.47. The molecule has 0 saturated carbocycles. The largest absolute Gasteiger partial charge is 0.490 e. The maximum absolute atomic E-state index is 12.9. The Labute approximate surface area is 248 Å². The molecule has 4 rings (SSSR count). The van der Waals surface area contributed by atoms with Crippen LogP contribution in [0.15, 0.2) is 89.8 Å². The first kappa shape index (κ1) is 30.0. The summed E-state index contributed by atoms with van der Waals surface area (Å²) in [5.74, 6) is 0.706. The topological polar surface area (TPSA) is 150 Å². The molecular weight excluding hydrogens is 582 g/mol. The number of rotatable bonds is 12. The summed E-state index contributed by atoms with van der Waals surface area (Å²) in [4.78, 5) is 20.8. The molecule has 0 atom stereocenters. The quantitative estimate of drug-likeness (QED) is 0.159. The second-order valence-electron chi connectivity index (χ2n) is 8.33. The Hall–Kier alpha value is -4.95. The van der Waals surface area contributed by atoms with Gasteiger partial charge in [-0.25, -0.2) is 8.42 Å². The monoisotopic (exact) mass is 609 g/mol. The van der Waals surface area contributed by atoms with Crippen molar-refractivity contribution in [2.45, 2.75) is 4.90 Å². The molecule has 0 unspecified atom stereocenters. The van der Waals surface area contributed by atoms with Crippen LogP contribution in [-0.2, 0) is 10.0 Å². The summed E-state index contributed by atoms with van der Waals surface area (Å²) in [6, 6.07) is 23.1. The molecule has 0 saturated heterocycles. The van der Waals surface area contributed by atoms with E-state index in [9.17, 15) is 13.2 Å². The highest BCUT2D eigenvalue weighted by atomic mass is 32.2. The second-order valence-corrected chi connectivity index (χ2v) is 10.4. The summed E-state index contributed by atoms with van der Waals surface area (Å²) in [7, 11) is -1.27. The number of anilines is 2. The molecule has 0 radical (unpaired) electrons. The zero-order valence-electron chi connectivity index (χ0n) is 22.6. The molecule has 0 aliphatic rings. The minimum atomic E-state index is -4.00. The average molecular weight is 610 g/mol. The molecule has 1 amide bonds. The maximum Gasteiger partial charge on any atom is 0.321 e. The van der Waals surface area contributed by atoms with Gasteiger partial charge in [0, 0.05) is 11.8 Å². The number of hydrogen-bond acceptors (Lipinski definition) is 10. The summed E-state index contributed by atoms with van der Waals surface area (Å²) in [6.07, 6.45) is 0. The molecule has 1 heterocycles. The highest BCUT2D eigenvalue weighted by Gasteiger charge is 2.18. The van der Waals surface area contributed by atoms with Crippen LogP contribution in [0.5, 0.6) is 23.4 Å². The van der Waals surface area contributed by atoms with E-state index in [0.29, 0.717) is 18.0 Å². The van der Waals surface area contributed by atoms with E-state index in [1.165, 1.54) is 44.6 Å². The van der Waals surface area contributed by atoms with Crippen molar-refractivity contribution in [1.82, 2.24) is 15.3 Å². The Kier molecular flexibility index (Phi) is 10.1. The number of amides is 1. The number of carbonyl (C=O) groups excluding carboxylic acids is 1. The molecule has 14 heteroatoms. The van der Waals surface area contributed by atoms with Crippen molar-refractivity contribution in [2.24, 2.45) is 0 Å². The molecule has 0 spiro atoms. The van der Waals surface area contributed by atoms with Crippen molar-refractivity contribution in [2.75, 3.05) is 37.5 Å². The van der Waals surface area contributed by atoms with Gasteiger partial charge in [0.25, 0.3) is 15.9 Å². The predicted molar refractivity (Wildman–Crippen MR) is 160 cm³/mol. The lowest BCUT2D eigenvalue weighted by Crippen LogP contribution is -2.34. The van der Waals surface area contributed by atoms with Gasteiger partial charge >= 0.3 is 6.01 Å². The number of methoxy groups -OCH3 is 2. The Morgan fingerprint density at radius 2 is 1.55 bits per heavy atom. The number of hydrogen-bond donors (Lipinski definition) is 3. The SMILES string of the molecule is COc1cc(NS(=O)(=O)c2ccc(NC(=S)NC(=O)c3ccccc3OCCOc3ccccc3)cc2)nc(OC)n1. The third-order valence-corrected chi connectivity index (χ3v) is 7.02. The van der Waals surface area contributed by atoms with E-state index in [4.69, 9.17) is 31.2 Å². The fourth-order valence-electron chi connectivity index (χ4n) is 3.51. The fourth-order valence-corrected chi connectivity index (χ4v) is 4.71. The number of ether oxygens (including phenoxy) is 4. The van der Waals surface area contributed by atoms with Gasteiger partial charge in [-0.15, -0.1) is 0 Å². The lowest BCUT2D eigenvalue weighted by atomic mass is 10.2. The number of aromatic nitrogens is 2. The molecule has 3 N–H and O–H groups in total. The molecular formula is C28H27N5O7S2. The van der Waals surface area contributed by atoms with Crippen molar-refractivity contribution in [3.05, 3.63) is 90.5 Å². The lowest BCUT2D eigenvalue weighted by Gasteiger charge is -2.14. The van der Waals surface area contributed by atoms with Crippen LogP contribution in [0.2, 0.25) is 0 Å². The van der Waals surface area contributed by atoms with Crippen molar-refractivity contribution in [3.63, 3.8) is 0 Å². The van der Waals surface area contributed by atoms with Crippen LogP contribution in [0.3, 0.4) is 0 Å². The van der Waals surface area contributed by atoms with Gasteiger partial charge in [-0.1, -0.05) is 30.3 Å². The number of para-hydroxylation sites is 2. The Morgan fingerprint density at radius 1 is 0.857 bits per heavy atom. The number of thiocarbonyl (C=S) groups is 1. The van der Waals surface area contributed by atoms with Gasteiger partial charge in [-0.3, -0.25) is 14.8 Å². The van der Waals surface area contributed by atoms with Crippen LogP contribution in [0.25, 0.3) is 0 Å². The molecule has 0 fully saturated rings. The van der Waals surface area contributed by atoms with E-state index in [2.05, 4.69) is 25.3 Å². The number of benzene rings is 3. The zero-order valence-corrected chi connectivity index (χ0v) is 24.2. The van der Waals surface area contributed by atoms with Crippen molar-refractivity contribution in [1.29, 1.82) is 0 Å². The molecule has 42 heavy (non-hydrogen) atoms. The minimum absolute atomic E-state index is 0.0103. The van der Waals surface area contributed by atoms with E-state index >= 15 is 0 Å². The zero-order chi connectivity index (χ0) is 30.0. The molecule has 0 bridgehead atoms. The number of carbonyl (C=O) groups is 1. The molecule has 3 aromatic carbocycles. The maximum atomic E-state index is 12.9. The van der Waals surface area contributed by atoms with Crippen LogP contribution in [-0.4, -0.2) is 56.8 Å². The molecule has 218 valence electrons. The Morgan fingerprint density at radius 3 is 2.26 bits per heavy atom. The van der Waals surface area contributed by atoms with E-state index < -0.39 is 15.9 Å². The molecule has 0 aliphatic heterocycles. The third-order valence-electron chi connectivity index (χ3n) is 5.45. The van der Waals surface area contributed by atoms with E-state index in [0.717, 1.165) is 5.75 Å². The predicted octanol–water partition coefficient (Wildman–Crippen LogP) is 3.88. The second kappa shape index (κ2) is 14.1. The molecule has 0 aliphatic carbocycles. The summed E-state index contributed by atoms with van der Waals surface area (Å²) < 4.78 is 49.5. The first-order valence-electron chi connectivity index (χ1n) is 12.4. The molecule has 4 aromatic rings. The van der Waals surface area contributed by atoms with Gasteiger partial charge in [-0.05, 0) is 60.7 Å². The lowest BCUT2D eigenvalue weighted by molar-refractivity contribution is 0.0972. The van der Waals surface area contributed by atoms with Gasteiger partial charge in [0.05, 0.1) is 24.7 Å². The van der Waals surface area contributed by atoms with Crippen molar-refractivity contribution < 1.29 is 32.2 Å². The van der Waals surface area contributed by atoms with Gasteiger partial charge < -0.3 is 24.3 Å². The normalized spacial score (nSPS) is 10.7. The van der Waals surface area contributed by atoms with E-state index in [1.54, 1.807) is 24.3 Å². The molecule has 12 nitrogen and oxygen atoms in total. The highest BCUT2D eigenvalue weighted by molar-refractivity contribution is 7.92. The first-order valence-corrected chi connectivity index (χ1v) is 14.3. The van der Waals surface area contributed by atoms with Crippen LogP contribution in [0.4, 0.5) is 11.5 Å².